The molecule has 110 valence electrons. The summed E-state index contributed by atoms with van der Waals surface area (Å²) in [6, 6.07) is 5.70. The van der Waals surface area contributed by atoms with Crippen molar-refractivity contribution in [1.29, 1.82) is 0 Å². The number of thioether (sulfide) groups is 1. The van der Waals surface area contributed by atoms with Gasteiger partial charge in [-0.15, -0.1) is 11.8 Å². The molecule has 0 aliphatic rings. The maximum atomic E-state index is 12.7. The van der Waals surface area contributed by atoms with Gasteiger partial charge in [-0.05, 0) is 31.5 Å². The van der Waals surface area contributed by atoms with E-state index in [-0.39, 0.29) is 17.5 Å². The van der Waals surface area contributed by atoms with Gasteiger partial charge in [0.25, 0.3) is 0 Å². The molecule has 0 fully saturated rings. The van der Waals surface area contributed by atoms with Crippen LogP contribution in [0.5, 0.6) is 0 Å². The smallest absolute Gasteiger partial charge is 0.308 e. The van der Waals surface area contributed by atoms with Crippen LogP contribution >= 0.6 is 11.8 Å². The van der Waals surface area contributed by atoms with Crippen molar-refractivity contribution in [3.05, 3.63) is 35.6 Å². The van der Waals surface area contributed by atoms with Crippen molar-refractivity contribution in [2.24, 2.45) is 5.92 Å². The van der Waals surface area contributed by atoms with Crippen molar-refractivity contribution >= 4 is 23.6 Å². The van der Waals surface area contributed by atoms with Crippen LogP contribution < -0.4 is 5.32 Å². The number of carbonyl (C=O) groups is 2. The van der Waals surface area contributed by atoms with Crippen LogP contribution in [0.2, 0.25) is 0 Å². The van der Waals surface area contributed by atoms with E-state index in [0.717, 1.165) is 5.56 Å². The van der Waals surface area contributed by atoms with E-state index in [1.807, 2.05) is 0 Å². The average Bonchev–Trinajstić information content (AvgIpc) is 2.39. The second kappa shape index (κ2) is 7.89. The Morgan fingerprint density at radius 2 is 1.90 bits per heavy atom. The highest BCUT2D eigenvalue weighted by molar-refractivity contribution is 7.99. The maximum absolute atomic E-state index is 12.7. The van der Waals surface area contributed by atoms with Gasteiger partial charge in [-0.3, -0.25) is 9.59 Å². The van der Waals surface area contributed by atoms with E-state index in [4.69, 9.17) is 5.11 Å². The van der Waals surface area contributed by atoms with Gasteiger partial charge in [0.15, 0.2) is 0 Å². The lowest BCUT2D eigenvalue weighted by molar-refractivity contribution is -0.142. The van der Waals surface area contributed by atoms with Crippen LogP contribution in [0.1, 0.15) is 19.4 Å². The molecule has 0 aliphatic carbocycles. The van der Waals surface area contributed by atoms with Gasteiger partial charge < -0.3 is 10.4 Å². The molecule has 0 radical (unpaired) electrons. The Kier molecular flexibility index (Phi) is 6.51. The van der Waals surface area contributed by atoms with Crippen molar-refractivity contribution in [2.45, 2.75) is 25.6 Å². The lowest BCUT2D eigenvalue weighted by Gasteiger charge is -2.17. The van der Waals surface area contributed by atoms with Gasteiger partial charge in [0.05, 0.1) is 11.7 Å². The number of benzene rings is 1. The minimum atomic E-state index is -0.934. The Morgan fingerprint density at radius 1 is 1.30 bits per heavy atom. The summed E-state index contributed by atoms with van der Waals surface area (Å²) < 4.78 is 12.7. The summed E-state index contributed by atoms with van der Waals surface area (Å²) in [6.45, 7) is 3.22. The average molecular weight is 299 g/mol. The Hall–Kier alpha value is -1.56. The number of carboxylic acids is 1. The highest BCUT2D eigenvalue weighted by Gasteiger charge is 2.20. The van der Waals surface area contributed by atoms with Gasteiger partial charge in [0, 0.05) is 11.8 Å². The first-order valence-corrected chi connectivity index (χ1v) is 7.40. The number of amides is 1. The number of nitrogens with one attached hydrogen (secondary N) is 1. The molecule has 0 heterocycles. The third kappa shape index (κ3) is 5.61. The summed E-state index contributed by atoms with van der Waals surface area (Å²) in [7, 11) is 0. The Morgan fingerprint density at radius 3 is 2.45 bits per heavy atom. The van der Waals surface area contributed by atoms with Gasteiger partial charge in [0.1, 0.15) is 5.82 Å². The predicted molar refractivity (Wildman–Crippen MR) is 77.0 cm³/mol. The lowest BCUT2D eigenvalue weighted by Crippen LogP contribution is -2.40. The minimum absolute atomic E-state index is 0.197. The fourth-order valence-electron chi connectivity index (χ4n) is 1.48. The highest BCUT2D eigenvalue weighted by Crippen LogP contribution is 2.12. The second-order valence-electron chi connectivity index (χ2n) is 4.60. The van der Waals surface area contributed by atoms with Crippen molar-refractivity contribution < 1.29 is 19.1 Å². The van der Waals surface area contributed by atoms with Crippen LogP contribution in [0.4, 0.5) is 4.39 Å². The third-order valence-electron chi connectivity index (χ3n) is 2.94. The summed E-state index contributed by atoms with van der Waals surface area (Å²) in [5.41, 5.74) is 0.941. The van der Waals surface area contributed by atoms with Crippen LogP contribution in [-0.2, 0) is 15.3 Å². The first-order chi connectivity index (χ1) is 9.40. The molecule has 6 heteroatoms. The van der Waals surface area contributed by atoms with Gasteiger partial charge in [-0.1, -0.05) is 12.1 Å². The summed E-state index contributed by atoms with van der Waals surface area (Å²) in [4.78, 5) is 22.4. The summed E-state index contributed by atoms with van der Waals surface area (Å²) in [5.74, 6) is -1.19. The molecular formula is C14H18FNO3S. The molecule has 20 heavy (non-hydrogen) atoms. The zero-order valence-corrected chi connectivity index (χ0v) is 12.2. The molecule has 1 aromatic rings. The molecular weight excluding hydrogens is 281 g/mol. The molecule has 2 atom stereocenters. The van der Waals surface area contributed by atoms with Gasteiger partial charge in [0.2, 0.25) is 5.91 Å². The Labute approximate surface area is 121 Å². The van der Waals surface area contributed by atoms with Gasteiger partial charge in [-0.25, -0.2) is 4.39 Å². The Bertz CT molecular complexity index is 464. The molecule has 2 unspecified atom stereocenters. The first kappa shape index (κ1) is 16.5. The minimum Gasteiger partial charge on any atom is -0.481 e. The fraction of sp³-hybridized carbons (Fsp3) is 0.429. The zero-order valence-electron chi connectivity index (χ0n) is 11.4. The van der Waals surface area contributed by atoms with E-state index in [0.29, 0.717) is 5.75 Å². The lowest BCUT2D eigenvalue weighted by atomic mass is 10.0. The van der Waals surface area contributed by atoms with E-state index < -0.39 is 17.9 Å². The number of hydrogen-bond acceptors (Lipinski definition) is 3. The van der Waals surface area contributed by atoms with Crippen molar-refractivity contribution in [3.63, 3.8) is 0 Å². The van der Waals surface area contributed by atoms with Crippen molar-refractivity contribution in [2.75, 3.05) is 5.75 Å². The van der Waals surface area contributed by atoms with Crippen LogP contribution in [0.25, 0.3) is 0 Å². The van der Waals surface area contributed by atoms with Crippen LogP contribution in [0.15, 0.2) is 24.3 Å². The molecule has 4 nitrogen and oxygen atoms in total. The van der Waals surface area contributed by atoms with Crippen LogP contribution in [0, 0.1) is 11.7 Å². The van der Waals surface area contributed by atoms with E-state index in [1.54, 1.807) is 26.0 Å². The quantitative estimate of drug-likeness (QED) is 0.810. The molecule has 0 spiro atoms. The van der Waals surface area contributed by atoms with Crippen molar-refractivity contribution in [1.82, 2.24) is 5.32 Å². The maximum Gasteiger partial charge on any atom is 0.308 e. The van der Waals surface area contributed by atoms with E-state index in [1.165, 1.54) is 23.9 Å². The monoisotopic (exact) mass is 299 g/mol. The second-order valence-corrected chi connectivity index (χ2v) is 5.59. The molecule has 0 aromatic heterocycles. The number of rotatable bonds is 7. The largest absolute Gasteiger partial charge is 0.481 e. The highest BCUT2D eigenvalue weighted by atomic mass is 32.2. The predicted octanol–water partition coefficient (Wildman–Crippen LogP) is 2.28. The van der Waals surface area contributed by atoms with E-state index in [2.05, 4.69) is 5.32 Å². The molecule has 0 aliphatic heterocycles. The number of aliphatic carboxylic acids is 1. The molecule has 1 rings (SSSR count). The standard InChI is InChI=1S/C14H18FNO3S/c1-9(14(18)19)10(2)16-13(17)8-20-7-11-3-5-12(15)6-4-11/h3-6,9-10H,7-8H2,1-2H3,(H,16,17)(H,18,19). The van der Waals surface area contributed by atoms with E-state index in [9.17, 15) is 14.0 Å². The molecule has 1 aromatic carbocycles. The van der Waals surface area contributed by atoms with Gasteiger partial charge >= 0.3 is 5.97 Å². The number of hydrogen-bond donors (Lipinski definition) is 2. The van der Waals surface area contributed by atoms with Crippen molar-refractivity contribution in [3.8, 4) is 0 Å². The Balaban J connectivity index is 2.29. The molecule has 0 saturated carbocycles. The SMILES string of the molecule is CC(NC(=O)CSCc1ccc(F)cc1)C(C)C(=O)O. The topological polar surface area (TPSA) is 66.4 Å². The summed E-state index contributed by atoms with van der Waals surface area (Å²) >= 11 is 1.40. The normalized spacial score (nSPS) is 13.6. The summed E-state index contributed by atoms with van der Waals surface area (Å²) in [6.07, 6.45) is 0. The molecule has 0 bridgehead atoms. The molecule has 0 saturated heterocycles. The third-order valence-corrected chi connectivity index (χ3v) is 3.95. The molecule has 2 N–H and O–H groups in total. The number of halogens is 1. The van der Waals surface area contributed by atoms with E-state index >= 15 is 0 Å². The summed E-state index contributed by atoms with van der Waals surface area (Å²) in [5, 5.41) is 11.5. The van der Waals surface area contributed by atoms with Gasteiger partial charge in [-0.2, -0.15) is 0 Å². The molecule has 1 amide bonds. The van der Waals surface area contributed by atoms with Crippen LogP contribution in [-0.4, -0.2) is 28.8 Å². The number of carbonyl (C=O) groups excluding carboxylic acids is 1. The van der Waals surface area contributed by atoms with Crippen LogP contribution in [0.3, 0.4) is 0 Å². The zero-order chi connectivity index (χ0) is 15.1. The first-order valence-electron chi connectivity index (χ1n) is 6.24. The number of carboxylic acid groups (broad SMARTS) is 1. The fourth-order valence-corrected chi connectivity index (χ4v) is 2.28.